The van der Waals surface area contributed by atoms with Crippen molar-refractivity contribution in [2.24, 2.45) is 5.41 Å². The van der Waals surface area contributed by atoms with Crippen LogP contribution in [0, 0.1) is 5.41 Å². The van der Waals surface area contributed by atoms with Crippen molar-refractivity contribution in [3.8, 4) is 0 Å². The fraction of sp³-hybridized carbons (Fsp3) is 0.486. The topological polar surface area (TPSA) is 195 Å². The van der Waals surface area contributed by atoms with E-state index in [2.05, 4.69) is 16.0 Å². The Morgan fingerprint density at radius 2 is 1.70 bits per heavy atom. The van der Waals surface area contributed by atoms with Crippen molar-refractivity contribution in [1.82, 2.24) is 20.9 Å². The average Bonchev–Trinajstić information content (AvgIpc) is 3.10. The fourth-order valence-corrected chi connectivity index (χ4v) is 9.42. The summed E-state index contributed by atoms with van der Waals surface area (Å²) in [5.74, 6) is -3.25. The number of nitrogens with zero attached hydrogens (tertiary/aromatic N) is 2. The van der Waals surface area contributed by atoms with Gasteiger partial charge in [0.25, 0.3) is 11.8 Å². The predicted octanol–water partition coefficient (Wildman–Crippen LogP) is 2.37. The lowest BCUT2D eigenvalue weighted by Gasteiger charge is -2.49. The van der Waals surface area contributed by atoms with E-state index in [0.29, 0.717) is 32.7 Å². The molecule has 4 amide bonds. The van der Waals surface area contributed by atoms with Crippen LogP contribution < -0.4 is 32.9 Å². The molecule has 4 rings (SSSR count). The van der Waals surface area contributed by atoms with Gasteiger partial charge in [0, 0.05) is 51.4 Å². The number of halogens is 3. The number of carboxylic acids is 2. The average molecular weight is 907 g/mol. The van der Waals surface area contributed by atoms with E-state index < -0.39 is 70.3 Å². The van der Waals surface area contributed by atoms with Crippen molar-refractivity contribution in [2.75, 3.05) is 23.8 Å². The zero-order valence-electron chi connectivity index (χ0n) is 32.1. The third-order valence-corrected chi connectivity index (χ3v) is 12.6. The third-order valence-electron chi connectivity index (χ3n) is 8.44. The molecule has 14 nitrogen and oxygen atoms in total. The summed E-state index contributed by atoms with van der Waals surface area (Å²) >= 11 is 16.1. The molecule has 312 valence electrons. The number of rotatable bonds is 16. The number of nitrogens with one attached hydrogen (secondary N) is 3. The Kier molecular flexibility index (Phi) is 17.3. The van der Waals surface area contributed by atoms with E-state index in [9.17, 15) is 39.0 Å². The van der Waals surface area contributed by atoms with Gasteiger partial charge in [-0.2, -0.15) is 4.57 Å². The molecule has 1 unspecified atom stereocenters. The zero-order chi connectivity index (χ0) is 41.5. The van der Waals surface area contributed by atoms with E-state index in [0.717, 1.165) is 4.90 Å². The Bertz CT molecular complexity index is 1870. The lowest BCUT2D eigenvalue weighted by atomic mass is 9.86. The van der Waals surface area contributed by atoms with Crippen molar-refractivity contribution in [2.45, 2.75) is 93.3 Å². The standard InChI is InChI=1S/C37H45Cl2N5O9S3.ClH/c1-36(2,3)29(34(50)51)42-30(46)24(8-7-13-40-35(52)53-37(4,5)6)43-14-11-22(12-15-43)54-17-20-18-56-32-27(31(47)44(32)28(20)33(48)49)41-26(45)19-55-25-16-21(38)9-10-23(25)39;/h9-12,14-16,24,27,29,32H,7-8,13,17-19H2,1-6H3,(H4-,40,41,42,45,46,48,49,50,51,52);1H/t24-,27-,29?,32+;/m0./s1. The molecule has 5 N–H and O–H groups in total. The number of hydrogen-bond acceptors (Lipinski definition) is 10. The van der Waals surface area contributed by atoms with Crippen LogP contribution in [0.3, 0.4) is 0 Å². The van der Waals surface area contributed by atoms with Gasteiger partial charge in [0.2, 0.25) is 11.9 Å². The van der Waals surface area contributed by atoms with Crippen LogP contribution in [-0.4, -0.2) is 97.7 Å². The molecule has 2 aromatic rings. The number of fused-ring (bicyclic) bond motifs is 1. The van der Waals surface area contributed by atoms with Gasteiger partial charge in [-0.3, -0.25) is 19.3 Å². The second kappa shape index (κ2) is 20.6. The van der Waals surface area contributed by atoms with E-state index in [1.54, 1.807) is 88.8 Å². The quantitative estimate of drug-likeness (QED) is 0.0716. The Balaban J connectivity index is 0.00000870. The number of aliphatic carboxylic acids is 2. The zero-order valence-corrected chi connectivity index (χ0v) is 36.8. The minimum Gasteiger partial charge on any atom is -1.00 e. The van der Waals surface area contributed by atoms with Gasteiger partial charge in [-0.1, -0.05) is 44.0 Å². The summed E-state index contributed by atoms with van der Waals surface area (Å²) in [5, 5.41) is 28.4. The van der Waals surface area contributed by atoms with Gasteiger partial charge in [-0.25, -0.2) is 14.4 Å². The first kappa shape index (κ1) is 48.0. The normalized spacial score (nSPS) is 17.6. The van der Waals surface area contributed by atoms with Crippen LogP contribution in [-0.2, 0) is 28.7 Å². The number of carbonyl (C=O) groups excluding carboxylic acids is 4. The maximum Gasteiger partial charge on any atom is 0.407 e. The maximum absolute atomic E-state index is 13.6. The number of carbonyl (C=O) groups is 6. The van der Waals surface area contributed by atoms with Crippen LogP contribution in [0.5, 0.6) is 0 Å². The molecule has 0 spiro atoms. The van der Waals surface area contributed by atoms with Crippen LogP contribution in [0.2, 0.25) is 10.0 Å². The molecule has 2 aliphatic rings. The van der Waals surface area contributed by atoms with Gasteiger partial charge >= 0.3 is 18.0 Å². The number of hydrogen-bond donors (Lipinski definition) is 5. The van der Waals surface area contributed by atoms with Crippen LogP contribution in [0.4, 0.5) is 4.79 Å². The lowest BCUT2D eigenvalue weighted by Crippen LogP contribution is -3.00. The van der Waals surface area contributed by atoms with Gasteiger partial charge in [0.05, 0.1) is 10.8 Å². The van der Waals surface area contributed by atoms with E-state index in [-0.39, 0.29) is 42.6 Å². The van der Waals surface area contributed by atoms with Gasteiger partial charge in [0.15, 0.2) is 12.4 Å². The van der Waals surface area contributed by atoms with Crippen molar-refractivity contribution in [3.05, 3.63) is 64.0 Å². The summed E-state index contributed by atoms with van der Waals surface area (Å²) in [5.41, 5.74) is -1.000. The Morgan fingerprint density at radius 1 is 1.04 bits per heavy atom. The van der Waals surface area contributed by atoms with Crippen molar-refractivity contribution >= 4 is 94.2 Å². The molecule has 1 aromatic heterocycles. The highest BCUT2D eigenvalue weighted by Crippen LogP contribution is 2.42. The number of alkyl carbamates (subject to hydrolysis) is 1. The summed E-state index contributed by atoms with van der Waals surface area (Å²) in [4.78, 5) is 78.7. The first-order valence-electron chi connectivity index (χ1n) is 17.6. The first-order chi connectivity index (χ1) is 26.2. The van der Waals surface area contributed by atoms with Crippen molar-refractivity contribution in [3.63, 3.8) is 0 Å². The van der Waals surface area contributed by atoms with Gasteiger partial charge in [0.1, 0.15) is 28.8 Å². The number of pyridine rings is 1. The highest BCUT2D eigenvalue weighted by molar-refractivity contribution is 8.01. The highest BCUT2D eigenvalue weighted by Gasteiger charge is 2.54. The molecule has 2 aliphatic heterocycles. The SMILES string of the molecule is CC(C)(C)OC(=O)NCCC[C@@H](C(=O)NC(C(=O)O)C(C)(C)C)[n+]1ccc(SCC2=C(C(=O)O)N3C(=O)[C@H](NC(=O)CSc4cc(Cl)ccc4Cl)[C@H]3SC2)cc1.[Cl-]. The molecule has 1 aromatic carbocycles. The number of amides is 4. The highest BCUT2D eigenvalue weighted by atomic mass is 35.5. The summed E-state index contributed by atoms with van der Waals surface area (Å²) in [7, 11) is 0. The minimum atomic E-state index is -1.24. The number of aromatic nitrogens is 1. The molecule has 57 heavy (non-hydrogen) atoms. The number of thioether (sulfide) groups is 3. The summed E-state index contributed by atoms with van der Waals surface area (Å²) in [6, 6.07) is 5.59. The molecule has 3 heterocycles. The lowest BCUT2D eigenvalue weighted by molar-refractivity contribution is -0.710. The summed E-state index contributed by atoms with van der Waals surface area (Å²) in [6.45, 7) is 10.6. The molecule has 0 radical (unpaired) electrons. The second-order valence-electron chi connectivity index (χ2n) is 15.1. The Hall–Kier alpha value is -3.35. The van der Waals surface area contributed by atoms with Gasteiger partial charge in [-0.15, -0.1) is 35.3 Å². The second-order valence-corrected chi connectivity index (χ2v) is 19.1. The smallest absolute Gasteiger partial charge is 0.407 e. The van der Waals surface area contributed by atoms with E-state index in [1.165, 1.54) is 40.2 Å². The molecule has 1 fully saturated rings. The van der Waals surface area contributed by atoms with Gasteiger partial charge < -0.3 is 43.3 Å². The largest absolute Gasteiger partial charge is 1.00 e. The van der Waals surface area contributed by atoms with Crippen LogP contribution >= 0.6 is 58.5 Å². The van der Waals surface area contributed by atoms with E-state index >= 15 is 0 Å². The van der Waals surface area contributed by atoms with Gasteiger partial charge in [-0.05, 0) is 56.4 Å². The molecule has 1 saturated heterocycles. The minimum absolute atomic E-state index is 0. The van der Waals surface area contributed by atoms with Crippen molar-refractivity contribution < 1.29 is 60.7 Å². The Morgan fingerprint density at radius 3 is 2.30 bits per heavy atom. The number of ether oxygens (including phenoxy) is 1. The number of carboxylic acid groups (broad SMARTS) is 2. The molecule has 0 bridgehead atoms. The first-order valence-corrected chi connectivity index (χ1v) is 21.3. The maximum atomic E-state index is 13.6. The van der Waals surface area contributed by atoms with Crippen molar-refractivity contribution in [1.29, 1.82) is 0 Å². The predicted molar refractivity (Wildman–Crippen MR) is 216 cm³/mol. The molecule has 20 heteroatoms. The summed E-state index contributed by atoms with van der Waals surface area (Å²) in [6.07, 6.45) is 3.43. The molecule has 0 aliphatic carbocycles. The van der Waals surface area contributed by atoms with E-state index in [1.807, 2.05) is 0 Å². The third kappa shape index (κ3) is 13.3. The Labute approximate surface area is 360 Å². The molecule has 4 atom stereocenters. The number of benzene rings is 1. The van der Waals surface area contributed by atoms with E-state index in [4.69, 9.17) is 27.9 Å². The fourth-order valence-electron chi connectivity index (χ4n) is 5.74. The number of β-lactam (4-membered cyclic amide) rings is 1. The molecular weight excluding hydrogens is 861 g/mol. The molecule has 0 saturated carbocycles. The van der Waals surface area contributed by atoms with Crippen LogP contribution in [0.15, 0.2) is 63.8 Å². The van der Waals surface area contributed by atoms with Crippen LogP contribution in [0.25, 0.3) is 0 Å². The molecular formula is C37H46Cl3N5O9S3. The van der Waals surface area contributed by atoms with Crippen LogP contribution in [0.1, 0.15) is 60.4 Å². The summed E-state index contributed by atoms with van der Waals surface area (Å²) < 4.78 is 6.94. The monoisotopic (exact) mass is 905 g/mol.